The Kier molecular flexibility index (Phi) is 7.27. The number of aliphatic hydroxyl groups excluding tert-OH is 1. The van der Waals surface area contributed by atoms with E-state index in [-0.39, 0.29) is 24.9 Å². The maximum atomic E-state index is 11.8. The molecule has 0 bridgehead atoms. The largest absolute Gasteiger partial charge is 0.479 e. The normalized spacial score (nSPS) is 11.8. The van der Waals surface area contributed by atoms with E-state index in [0.717, 1.165) is 5.56 Å². The average molecular weight is 290 g/mol. The molecule has 0 heterocycles. The predicted molar refractivity (Wildman–Crippen MR) is 79.7 cm³/mol. The smallest absolute Gasteiger partial charge is 0.224 e. The molecule has 5 heteroatoms. The summed E-state index contributed by atoms with van der Waals surface area (Å²) in [7, 11) is 0. The van der Waals surface area contributed by atoms with Crippen molar-refractivity contribution in [2.75, 3.05) is 13.2 Å². The van der Waals surface area contributed by atoms with Crippen LogP contribution in [0, 0.1) is 17.2 Å². The number of hydrogen-bond donors (Lipinski definition) is 2. The van der Waals surface area contributed by atoms with Crippen LogP contribution in [0.3, 0.4) is 0 Å². The van der Waals surface area contributed by atoms with Gasteiger partial charge < -0.3 is 15.2 Å². The predicted octanol–water partition coefficient (Wildman–Crippen LogP) is 1.65. The van der Waals surface area contributed by atoms with Gasteiger partial charge in [-0.15, -0.1) is 0 Å². The fraction of sp³-hybridized carbons (Fsp3) is 0.500. The first kappa shape index (κ1) is 17.0. The SMILES string of the molecule is CC(C)C(O)CCNC(=O)Cc1cccc(OCC#N)c1. The molecule has 21 heavy (non-hydrogen) atoms. The van der Waals surface area contributed by atoms with Gasteiger partial charge in [-0.05, 0) is 30.0 Å². The van der Waals surface area contributed by atoms with Crippen LogP contribution < -0.4 is 10.1 Å². The first-order valence-corrected chi connectivity index (χ1v) is 7.06. The van der Waals surface area contributed by atoms with Crippen molar-refractivity contribution in [3.63, 3.8) is 0 Å². The molecule has 0 aliphatic carbocycles. The molecule has 1 aromatic carbocycles. The highest BCUT2D eigenvalue weighted by Gasteiger charge is 2.10. The van der Waals surface area contributed by atoms with Crippen LogP contribution in [0.4, 0.5) is 0 Å². The Morgan fingerprint density at radius 3 is 2.90 bits per heavy atom. The first-order chi connectivity index (χ1) is 10.0. The third kappa shape index (κ3) is 6.77. The molecule has 1 unspecified atom stereocenters. The summed E-state index contributed by atoms with van der Waals surface area (Å²) in [4.78, 5) is 11.8. The van der Waals surface area contributed by atoms with E-state index in [1.165, 1.54) is 0 Å². The third-order valence-corrected chi connectivity index (χ3v) is 3.10. The van der Waals surface area contributed by atoms with E-state index >= 15 is 0 Å². The van der Waals surface area contributed by atoms with Crippen LogP contribution in [0.15, 0.2) is 24.3 Å². The Bertz CT molecular complexity index is 495. The molecule has 2 N–H and O–H groups in total. The van der Waals surface area contributed by atoms with Gasteiger partial charge in [0.05, 0.1) is 12.5 Å². The molecule has 0 aliphatic rings. The summed E-state index contributed by atoms with van der Waals surface area (Å²) in [5.41, 5.74) is 0.826. The number of carbonyl (C=O) groups excluding carboxylic acids is 1. The van der Waals surface area contributed by atoms with Crippen LogP contribution in [0.5, 0.6) is 5.75 Å². The number of rotatable bonds is 8. The highest BCUT2D eigenvalue weighted by Crippen LogP contribution is 2.13. The number of hydrogen-bond acceptors (Lipinski definition) is 4. The van der Waals surface area contributed by atoms with Crippen molar-refractivity contribution >= 4 is 5.91 Å². The molecular weight excluding hydrogens is 268 g/mol. The van der Waals surface area contributed by atoms with Gasteiger partial charge in [-0.3, -0.25) is 4.79 Å². The van der Waals surface area contributed by atoms with Crippen molar-refractivity contribution in [3.05, 3.63) is 29.8 Å². The number of ether oxygens (including phenoxy) is 1. The quantitative estimate of drug-likeness (QED) is 0.762. The summed E-state index contributed by atoms with van der Waals surface area (Å²) in [6.45, 7) is 4.34. The molecule has 0 fully saturated rings. The average Bonchev–Trinajstić information content (AvgIpc) is 2.45. The van der Waals surface area contributed by atoms with E-state index in [2.05, 4.69) is 5.32 Å². The number of aliphatic hydroxyl groups is 1. The van der Waals surface area contributed by atoms with Crippen LogP contribution in [0.25, 0.3) is 0 Å². The van der Waals surface area contributed by atoms with E-state index in [9.17, 15) is 9.90 Å². The number of benzene rings is 1. The molecule has 0 saturated carbocycles. The molecule has 1 amide bonds. The molecule has 0 radical (unpaired) electrons. The lowest BCUT2D eigenvalue weighted by Gasteiger charge is -2.14. The molecule has 1 atom stereocenters. The molecule has 0 spiro atoms. The zero-order valence-electron chi connectivity index (χ0n) is 12.5. The minimum atomic E-state index is -0.395. The fourth-order valence-electron chi connectivity index (χ4n) is 1.80. The van der Waals surface area contributed by atoms with Gasteiger partial charge in [0.15, 0.2) is 6.61 Å². The second-order valence-electron chi connectivity index (χ2n) is 5.22. The van der Waals surface area contributed by atoms with Crippen molar-refractivity contribution in [2.24, 2.45) is 5.92 Å². The van der Waals surface area contributed by atoms with Gasteiger partial charge in [-0.1, -0.05) is 26.0 Å². The van der Waals surface area contributed by atoms with Crippen molar-refractivity contribution in [1.82, 2.24) is 5.32 Å². The minimum Gasteiger partial charge on any atom is -0.479 e. The number of nitriles is 1. The van der Waals surface area contributed by atoms with E-state index in [0.29, 0.717) is 18.7 Å². The molecule has 1 rings (SSSR count). The van der Waals surface area contributed by atoms with Gasteiger partial charge >= 0.3 is 0 Å². The zero-order valence-corrected chi connectivity index (χ0v) is 12.5. The highest BCUT2D eigenvalue weighted by molar-refractivity contribution is 5.78. The summed E-state index contributed by atoms with van der Waals surface area (Å²) in [6, 6.07) is 9.02. The van der Waals surface area contributed by atoms with E-state index < -0.39 is 6.10 Å². The number of amides is 1. The molecule has 114 valence electrons. The molecule has 0 aliphatic heterocycles. The van der Waals surface area contributed by atoms with Gasteiger partial charge in [0.25, 0.3) is 0 Å². The fourth-order valence-corrected chi connectivity index (χ4v) is 1.80. The van der Waals surface area contributed by atoms with Crippen molar-refractivity contribution in [1.29, 1.82) is 5.26 Å². The maximum absolute atomic E-state index is 11.8. The lowest BCUT2D eigenvalue weighted by molar-refractivity contribution is -0.120. The Hall–Kier alpha value is -2.06. The summed E-state index contributed by atoms with van der Waals surface area (Å²) in [6.07, 6.45) is 0.406. The van der Waals surface area contributed by atoms with Crippen molar-refractivity contribution in [2.45, 2.75) is 32.8 Å². The molecular formula is C16H22N2O3. The van der Waals surface area contributed by atoms with E-state index in [1.807, 2.05) is 26.0 Å². The van der Waals surface area contributed by atoms with Gasteiger partial charge in [0.1, 0.15) is 11.8 Å². The molecule has 5 nitrogen and oxygen atoms in total. The van der Waals surface area contributed by atoms with E-state index in [1.54, 1.807) is 18.2 Å². The first-order valence-electron chi connectivity index (χ1n) is 7.06. The number of carbonyl (C=O) groups is 1. The summed E-state index contributed by atoms with van der Waals surface area (Å²) in [5, 5.41) is 20.9. The van der Waals surface area contributed by atoms with Crippen LogP contribution >= 0.6 is 0 Å². The van der Waals surface area contributed by atoms with Crippen molar-refractivity contribution in [3.8, 4) is 11.8 Å². The lowest BCUT2D eigenvalue weighted by atomic mass is 10.0. The topological polar surface area (TPSA) is 82.3 Å². The summed E-state index contributed by atoms with van der Waals surface area (Å²) in [5.74, 6) is 0.677. The number of nitrogens with one attached hydrogen (secondary N) is 1. The summed E-state index contributed by atoms with van der Waals surface area (Å²) >= 11 is 0. The molecule has 1 aromatic rings. The van der Waals surface area contributed by atoms with Gasteiger partial charge in [-0.2, -0.15) is 5.26 Å². The van der Waals surface area contributed by atoms with Crippen molar-refractivity contribution < 1.29 is 14.6 Å². The number of nitrogens with zero attached hydrogens (tertiary/aromatic N) is 1. The zero-order chi connectivity index (χ0) is 15.7. The maximum Gasteiger partial charge on any atom is 0.224 e. The second-order valence-corrected chi connectivity index (χ2v) is 5.22. The van der Waals surface area contributed by atoms with Gasteiger partial charge in [0.2, 0.25) is 5.91 Å². The second kappa shape index (κ2) is 8.98. The van der Waals surface area contributed by atoms with Gasteiger partial charge in [-0.25, -0.2) is 0 Å². The Morgan fingerprint density at radius 2 is 2.24 bits per heavy atom. The van der Waals surface area contributed by atoms with E-state index in [4.69, 9.17) is 10.00 Å². The third-order valence-electron chi connectivity index (χ3n) is 3.10. The molecule has 0 aromatic heterocycles. The Balaban J connectivity index is 2.39. The van der Waals surface area contributed by atoms with Gasteiger partial charge in [0, 0.05) is 6.54 Å². The standard InChI is InChI=1S/C16H22N2O3/c1-12(2)15(19)6-8-18-16(20)11-13-4-3-5-14(10-13)21-9-7-17/h3-5,10,12,15,19H,6,8-9,11H2,1-2H3,(H,18,20). The Labute approximate surface area is 125 Å². The molecule has 0 saturated heterocycles. The lowest BCUT2D eigenvalue weighted by Crippen LogP contribution is -2.29. The minimum absolute atomic E-state index is 0.0112. The van der Waals surface area contributed by atoms with Crippen LogP contribution in [0.1, 0.15) is 25.8 Å². The van der Waals surface area contributed by atoms with Crippen LogP contribution in [-0.4, -0.2) is 30.3 Å². The summed E-state index contributed by atoms with van der Waals surface area (Å²) < 4.78 is 5.19. The van der Waals surface area contributed by atoms with Crippen LogP contribution in [-0.2, 0) is 11.2 Å². The highest BCUT2D eigenvalue weighted by atomic mass is 16.5. The van der Waals surface area contributed by atoms with Crippen LogP contribution in [0.2, 0.25) is 0 Å². The monoisotopic (exact) mass is 290 g/mol. The Morgan fingerprint density at radius 1 is 1.48 bits per heavy atom.